The first-order valence-corrected chi connectivity index (χ1v) is 12.1. The van der Waals surface area contributed by atoms with E-state index in [4.69, 9.17) is 16.3 Å². The molecular weight excluding hydrogens is 462 g/mol. The SMILES string of the molecule is COc1c(Cl)cccc1Nc1c(-c2ccncc2C#C[C@H]2CC(C)(C)CN2)[nH]c2c1C(=O)NCC2. The van der Waals surface area contributed by atoms with Crippen molar-refractivity contribution in [1.82, 2.24) is 20.6 Å². The maximum Gasteiger partial charge on any atom is 0.255 e. The lowest BCUT2D eigenvalue weighted by Gasteiger charge is -2.17. The summed E-state index contributed by atoms with van der Waals surface area (Å²) in [6, 6.07) is 7.53. The number of hydrogen-bond acceptors (Lipinski definition) is 5. The van der Waals surface area contributed by atoms with Crippen molar-refractivity contribution in [2.45, 2.75) is 32.7 Å². The molecule has 8 heteroatoms. The third-order valence-electron chi connectivity index (χ3n) is 6.45. The van der Waals surface area contributed by atoms with Crippen LogP contribution in [0.5, 0.6) is 5.75 Å². The Hall–Kier alpha value is -3.47. The van der Waals surface area contributed by atoms with Gasteiger partial charge in [0.05, 0.1) is 46.4 Å². The molecule has 0 radical (unpaired) electrons. The monoisotopic (exact) mass is 489 g/mol. The zero-order valence-electron chi connectivity index (χ0n) is 20.0. The number of methoxy groups -OCH3 is 1. The fraction of sp³-hybridized carbons (Fsp3) is 0.333. The van der Waals surface area contributed by atoms with Gasteiger partial charge in [-0.2, -0.15) is 0 Å². The van der Waals surface area contributed by atoms with Crippen molar-refractivity contribution < 1.29 is 9.53 Å². The molecule has 180 valence electrons. The van der Waals surface area contributed by atoms with Crippen molar-refractivity contribution in [3.8, 4) is 28.8 Å². The summed E-state index contributed by atoms with van der Waals surface area (Å²) in [6.07, 6.45) is 5.21. The molecule has 1 amide bonds. The Balaban J connectivity index is 1.61. The van der Waals surface area contributed by atoms with E-state index in [-0.39, 0.29) is 17.4 Å². The summed E-state index contributed by atoms with van der Waals surface area (Å²) < 4.78 is 5.53. The number of halogens is 1. The van der Waals surface area contributed by atoms with E-state index in [1.165, 1.54) is 0 Å². The number of nitrogens with one attached hydrogen (secondary N) is 4. The Morgan fingerprint density at radius 3 is 2.91 bits per heavy atom. The molecule has 5 rings (SSSR count). The first kappa shape index (κ1) is 23.3. The Labute approximate surface area is 210 Å². The number of aromatic nitrogens is 2. The Bertz CT molecular complexity index is 1350. The van der Waals surface area contributed by atoms with Gasteiger partial charge in [0.25, 0.3) is 5.91 Å². The number of nitrogens with zero attached hydrogens (tertiary/aromatic N) is 1. The molecule has 3 aromatic rings. The molecule has 2 aliphatic heterocycles. The Kier molecular flexibility index (Phi) is 6.18. The fourth-order valence-electron chi connectivity index (χ4n) is 4.73. The molecule has 2 aliphatic rings. The average Bonchev–Trinajstić information content (AvgIpc) is 3.38. The smallest absolute Gasteiger partial charge is 0.255 e. The van der Waals surface area contributed by atoms with E-state index < -0.39 is 0 Å². The van der Waals surface area contributed by atoms with Gasteiger partial charge in [0.15, 0.2) is 5.75 Å². The number of carbonyl (C=O) groups excluding carboxylic acids is 1. The largest absolute Gasteiger partial charge is 0.493 e. The predicted octanol–water partition coefficient (Wildman–Crippen LogP) is 4.51. The highest BCUT2D eigenvalue weighted by Crippen LogP contribution is 2.41. The standard InChI is InChI=1S/C27H28ClN5O2/c1-27(2)13-17(31-15-27)8-7-16-14-29-11-9-18(16)23-24(22-20(32-23)10-12-30-26(22)34)33-21-6-4-5-19(28)25(21)35-3/h4-6,9,11,14,17,31-33H,10,12-13,15H2,1-3H3,(H,30,34)/t17-/m0/s1. The van der Waals surface area contributed by atoms with E-state index in [2.05, 4.69) is 51.6 Å². The van der Waals surface area contributed by atoms with Crippen LogP contribution in [0.25, 0.3) is 11.3 Å². The lowest BCUT2D eigenvalue weighted by atomic mass is 9.91. The second kappa shape index (κ2) is 9.29. The highest BCUT2D eigenvalue weighted by atomic mass is 35.5. The number of carbonyl (C=O) groups is 1. The van der Waals surface area contributed by atoms with Crippen molar-refractivity contribution in [2.24, 2.45) is 5.41 Å². The molecule has 1 fully saturated rings. The minimum Gasteiger partial charge on any atom is -0.493 e. The van der Waals surface area contributed by atoms with Gasteiger partial charge in [0.1, 0.15) is 0 Å². The summed E-state index contributed by atoms with van der Waals surface area (Å²) in [4.78, 5) is 20.7. The van der Waals surface area contributed by atoms with Crippen LogP contribution >= 0.6 is 11.6 Å². The number of benzene rings is 1. The lowest BCUT2D eigenvalue weighted by molar-refractivity contribution is 0.0947. The van der Waals surface area contributed by atoms with Crippen LogP contribution in [0, 0.1) is 17.3 Å². The quantitative estimate of drug-likeness (QED) is 0.405. The van der Waals surface area contributed by atoms with Gasteiger partial charge in [-0.05, 0) is 30.0 Å². The number of H-pyrrole nitrogens is 1. The summed E-state index contributed by atoms with van der Waals surface area (Å²) in [5, 5.41) is 10.3. The number of pyridine rings is 1. The summed E-state index contributed by atoms with van der Waals surface area (Å²) in [5.41, 5.74) is 5.46. The topological polar surface area (TPSA) is 91.1 Å². The Morgan fingerprint density at radius 2 is 2.14 bits per heavy atom. The molecule has 1 atom stereocenters. The Morgan fingerprint density at radius 1 is 1.29 bits per heavy atom. The van der Waals surface area contributed by atoms with E-state index in [9.17, 15) is 4.79 Å². The number of anilines is 2. The number of aromatic amines is 1. The minimum absolute atomic E-state index is 0.128. The van der Waals surface area contributed by atoms with Gasteiger partial charge < -0.3 is 25.7 Å². The average molecular weight is 490 g/mol. The van der Waals surface area contributed by atoms with Gasteiger partial charge in [0.2, 0.25) is 0 Å². The van der Waals surface area contributed by atoms with Crippen LogP contribution in [0.4, 0.5) is 11.4 Å². The normalized spacial score (nSPS) is 18.3. The zero-order chi connectivity index (χ0) is 24.6. The summed E-state index contributed by atoms with van der Waals surface area (Å²) in [6.45, 7) is 6.01. The first-order chi connectivity index (χ1) is 16.9. The first-order valence-electron chi connectivity index (χ1n) is 11.7. The highest BCUT2D eigenvalue weighted by Gasteiger charge is 2.30. The maximum absolute atomic E-state index is 12.9. The van der Waals surface area contributed by atoms with Crippen molar-refractivity contribution in [3.05, 3.63) is 58.5 Å². The van der Waals surface area contributed by atoms with Gasteiger partial charge in [0, 0.05) is 43.2 Å². The second-order valence-electron chi connectivity index (χ2n) is 9.67. The van der Waals surface area contributed by atoms with E-state index in [0.717, 1.165) is 35.5 Å². The number of ether oxygens (including phenoxy) is 1. The van der Waals surface area contributed by atoms with Crippen molar-refractivity contribution in [1.29, 1.82) is 0 Å². The maximum atomic E-state index is 12.9. The van der Waals surface area contributed by atoms with Crippen LogP contribution in [0.2, 0.25) is 5.02 Å². The molecule has 2 aromatic heterocycles. The van der Waals surface area contributed by atoms with Crippen molar-refractivity contribution in [3.63, 3.8) is 0 Å². The van der Waals surface area contributed by atoms with Gasteiger partial charge in [-0.3, -0.25) is 9.78 Å². The predicted molar refractivity (Wildman–Crippen MR) is 138 cm³/mol. The van der Waals surface area contributed by atoms with Gasteiger partial charge in [-0.15, -0.1) is 0 Å². The molecule has 0 saturated carbocycles. The van der Waals surface area contributed by atoms with Crippen molar-refractivity contribution in [2.75, 3.05) is 25.5 Å². The van der Waals surface area contributed by atoms with Gasteiger partial charge >= 0.3 is 0 Å². The van der Waals surface area contributed by atoms with Crippen LogP contribution in [-0.2, 0) is 6.42 Å². The number of rotatable bonds is 4. The summed E-state index contributed by atoms with van der Waals surface area (Å²) in [7, 11) is 1.57. The van der Waals surface area contributed by atoms with Gasteiger partial charge in [-0.25, -0.2) is 0 Å². The van der Waals surface area contributed by atoms with E-state index >= 15 is 0 Å². The molecule has 0 unspecified atom stereocenters. The van der Waals surface area contributed by atoms with E-state index in [0.29, 0.717) is 40.7 Å². The van der Waals surface area contributed by atoms with Crippen LogP contribution in [0.15, 0.2) is 36.7 Å². The van der Waals surface area contributed by atoms with E-state index in [1.54, 1.807) is 25.6 Å². The fourth-order valence-corrected chi connectivity index (χ4v) is 4.98. The number of amides is 1. The van der Waals surface area contributed by atoms with Crippen LogP contribution in [0.1, 0.15) is 41.9 Å². The third kappa shape index (κ3) is 4.60. The zero-order valence-corrected chi connectivity index (χ0v) is 20.8. The van der Waals surface area contributed by atoms with Crippen LogP contribution in [-0.4, -0.2) is 42.1 Å². The number of fused-ring (bicyclic) bond motifs is 1. The summed E-state index contributed by atoms with van der Waals surface area (Å²) in [5.74, 6) is 7.10. The molecule has 1 aromatic carbocycles. The van der Waals surface area contributed by atoms with Crippen LogP contribution in [0.3, 0.4) is 0 Å². The molecule has 0 aliphatic carbocycles. The molecule has 4 N–H and O–H groups in total. The van der Waals surface area contributed by atoms with E-state index in [1.807, 2.05) is 18.2 Å². The molecule has 35 heavy (non-hydrogen) atoms. The molecule has 0 spiro atoms. The van der Waals surface area contributed by atoms with Crippen LogP contribution < -0.4 is 20.7 Å². The molecule has 7 nitrogen and oxygen atoms in total. The molecule has 1 saturated heterocycles. The number of hydrogen-bond donors (Lipinski definition) is 4. The second-order valence-corrected chi connectivity index (χ2v) is 10.1. The number of para-hydroxylation sites is 1. The molecule has 4 heterocycles. The van der Waals surface area contributed by atoms with Crippen molar-refractivity contribution >= 4 is 28.9 Å². The minimum atomic E-state index is -0.128. The molecule has 0 bridgehead atoms. The third-order valence-corrected chi connectivity index (χ3v) is 6.75. The lowest BCUT2D eigenvalue weighted by Crippen LogP contribution is -2.31. The summed E-state index contributed by atoms with van der Waals surface area (Å²) >= 11 is 6.36. The van der Waals surface area contributed by atoms with Gasteiger partial charge in [-0.1, -0.05) is 43.4 Å². The highest BCUT2D eigenvalue weighted by molar-refractivity contribution is 6.32. The molecular formula is C27H28ClN5O2.